The summed E-state index contributed by atoms with van der Waals surface area (Å²) in [7, 11) is 0. The van der Waals surface area contributed by atoms with E-state index in [0.29, 0.717) is 17.1 Å². The molecule has 1 heterocycles. The van der Waals surface area contributed by atoms with Crippen molar-refractivity contribution in [1.29, 1.82) is 5.41 Å². The van der Waals surface area contributed by atoms with E-state index >= 15 is 0 Å². The van der Waals surface area contributed by atoms with Crippen molar-refractivity contribution in [3.05, 3.63) is 53.6 Å². The zero-order valence-electron chi connectivity index (χ0n) is 12.1. The molecule has 3 N–H and O–H groups in total. The first-order chi connectivity index (χ1) is 9.94. The van der Waals surface area contributed by atoms with Crippen LogP contribution in [-0.2, 0) is 6.42 Å². The molecule has 21 heavy (non-hydrogen) atoms. The van der Waals surface area contributed by atoms with Crippen LogP contribution in [0, 0.1) is 5.41 Å². The standard InChI is InChI=1S/C17H18N2O2/c1-17(2)10-12-4-3-5-14(15(12)21-17)20-13-8-6-11(7-9-13)16(18)19/h3-9H,10H2,1-2H3,(H3,18,19). The fourth-order valence-corrected chi connectivity index (χ4v) is 2.50. The van der Waals surface area contributed by atoms with Crippen molar-refractivity contribution in [3.63, 3.8) is 0 Å². The maximum atomic E-state index is 7.39. The minimum absolute atomic E-state index is 0.0484. The molecular formula is C17H18N2O2. The number of ether oxygens (including phenoxy) is 2. The summed E-state index contributed by atoms with van der Waals surface area (Å²) >= 11 is 0. The first kappa shape index (κ1) is 13.5. The first-order valence-electron chi connectivity index (χ1n) is 6.88. The highest BCUT2D eigenvalue weighted by atomic mass is 16.5. The molecule has 1 aliphatic rings. The summed E-state index contributed by atoms with van der Waals surface area (Å²) in [5.41, 5.74) is 7.09. The Morgan fingerprint density at radius 1 is 1.19 bits per heavy atom. The fourth-order valence-electron chi connectivity index (χ4n) is 2.50. The van der Waals surface area contributed by atoms with Gasteiger partial charge in [-0.3, -0.25) is 5.41 Å². The van der Waals surface area contributed by atoms with Crippen LogP contribution >= 0.6 is 0 Å². The summed E-state index contributed by atoms with van der Waals surface area (Å²) in [5, 5.41) is 7.39. The van der Waals surface area contributed by atoms with Gasteiger partial charge in [0.1, 0.15) is 17.2 Å². The van der Waals surface area contributed by atoms with Gasteiger partial charge in [-0.25, -0.2) is 0 Å². The van der Waals surface area contributed by atoms with Crippen LogP contribution in [0.3, 0.4) is 0 Å². The molecular weight excluding hydrogens is 264 g/mol. The van der Waals surface area contributed by atoms with Crippen LogP contribution in [0.2, 0.25) is 0 Å². The second-order valence-electron chi connectivity index (χ2n) is 5.82. The summed E-state index contributed by atoms with van der Waals surface area (Å²) in [6.45, 7) is 4.14. The molecule has 4 heteroatoms. The lowest BCUT2D eigenvalue weighted by atomic mass is 10.0. The van der Waals surface area contributed by atoms with Gasteiger partial charge in [0.05, 0.1) is 0 Å². The van der Waals surface area contributed by atoms with E-state index in [1.807, 2.05) is 12.1 Å². The number of amidine groups is 1. The zero-order chi connectivity index (χ0) is 15.0. The van der Waals surface area contributed by atoms with Gasteiger partial charge in [0.25, 0.3) is 0 Å². The number of benzene rings is 2. The average Bonchev–Trinajstić information content (AvgIpc) is 2.74. The molecule has 0 radical (unpaired) electrons. The topological polar surface area (TPSA) is 68.3 Å². The normalized spacial score (nSPS) is 15.1. The van der Waals surface area contributed by atoms with Crippen LogP contribution in [0.15, 0.2) is 42.5 Å². The molecule has 0 aromatic heterocycles. The number of nitrogen functional groups attached to an aromatic ring is 1. The second kappa shape index (κ2) is 4.81. The highest BCUT2D eigenvalue weighted by Gasteiger charge is 2.32. The molecule has 1 aliphatic heterocycles. The number of rotatable bonds is 3. The van der Waals surface area contributed by atoms with Crippen molar-refractivity contribution in [3.8, 4) is 17.2 Å². The van der Waals surface area contributed by atoms with Crippen LogP contribution in [0.4, 0.5) is 0 Å². The zero-order valence-corrected chi connectivity index (χ0v) is 12.1. The maximum Gasteiger partial charge on any atom is 0.169 e. The Labute approximate surface area is 124 Å². The second-order valence-corrected chi connectivity index (χ2v) is 5.82. The van der Waals surface area contributed by atoms with E-state index in [4.69, 9.17) is 20.6 Å². The number of nitrogens with one attached hydrogen (secondary N) is 1. The van der Waals surface area contributed by atoms with Crippen molar-refractivity contribution in [2.75, 3.05) is 0 Å². The summed E-state index contributed by atoms with van der Waals surface area (Å²) in [6.07, 6.45) is 0.878. The van der Waals surface area contributed by atoms with E-state index in [-0.39, 0.29) is 11.4 Å². The Bertz CT molecular complexity index is 690. The van der Waals surface area contributed by atoms with E-state index in [2.05, 4.69) is 19.9 Å². The van der Waals surface area contributed by atoms with Gasteiger partial charge >= 0.3 is 0 Å². The van der Waals surface area contributed by atoms with Crippen molar-refractivity contribution in [1.82, 2.24) is 0 Å². The van der Waals surface area contributed by atoms with Gasteiger partial charge in [0.15, 0.2) is 11.5 Å². The Balaban J connectivity index is 1.87. The molecule has 0 aliphatic carbocycles. The quantitative estimate of drug-likeness (QED) is 0.669. The van der Waals surface area contributed by atoms with Crippen molar-refractivity contribution in [2.45, 2.75) is 25.9 Å². The molecule has 0 unspecified atom stereocenters. The molecule has 0 saturated heterocycles. The van der Waals surface area contributed by atoms with Crippen molar-refractivity contribution in [2.24, 2.45) is 5.73 Å². The van der Waals surface area contributed by atoms with E-state index in [9.17, 15) is 0 Å². The molecule has 0 fully saturated rings. The minimum Gasteiger partial charge on any atom is -0.483 e. The molecule has 4 nitrogen and oxygen atoms in total. The van der Waals surface area contributed by atoms with Crippen molar-refractivity contribution >= 4 is 5.84 Å². The third-order valence-corrected chi connectivity index (χ3v) is 3.45. The molecule has 0 amide bonds. The van der Waals surface area contributed by atoms with Gasteiger partial charge in [-0.05, 0) is 44.2 Å². The van der Waals surface area contributed by atoms with Crippen molar-refractivity contribution < 1.29 is 9.47 Å². The Kier molecular flexibility index (Phi) is 3.09. The molecule has 3 rings (SSSR count). The monoisotopic (exact) mass is 282 g/mol. The van der Waals surface area contributed by atoms with E-state index in [1.54, 1.807) is 24.3 Å². The molecule has 0 spiro atoms. The molecule has 2 aromatic rings. The van der Waals surface area contributed by atoms with E-state index < -0.39 is 0 Å². The van der Waals surface area contributed by atoms with Crippen LogP contribution in [0.5, 0.6) is 17.2 Å². The van der Waals surface area contributed by atoms with Gasteiger partial charge < -0.3 is 15.2 Å². The lowest BCUT2D eigenvalue weighted by Gasteiger charge is -2.18. The van der Waals surface area contributed by atoms with Crippen LogP contribution < -0.4 is 15.2 Å². The number of hydrogen-bond donors (Lipinski definition) is 2. The summed E-state index contributed by atoms with van der Waals surface area (Å²) < 4.78 is 11.9. The highest BCUT2D eigenvalue weighted by Crippen LogP contribution is 2.43. The minimum atomic E-state index is -0.194. The van der Waals surface area contributed by atoms with Crippen LogP contribution in [0.1, 0.15) is 25.0 Å². The SMILES string of the molecule is CC1(C)Cc2cccc(Oc3ccc(C(=N)N)cc3)c2O1. The maximum absolute atomic E-state index is 7.39. The number of nitrogens with two attached hydrogens (primary N) is 1. The van der Waals surface area contributed by atoms with Gasteiger partial charge in [-0.15, -0.1) is 0 Å². The first-order valence-corrected chi connectivity index (χ1v) is 6.88. The number of hydrogen-bond acceptors (Lipinski definition) is 3. The van der Waals surface area contributed by atoms with Gasteiger partial charge in [0.2, 0.25) is 0 Å². The average molecular weight is 282 g/mol. The Morgan fingerprint density at radius 2 is 1.90 bits per heavy atom. The van der Waals surface area contributed by atoms with Gasteiger partial charge in [-0.2, -0.15) is 0 Å². The fraction of sp³-hybridized carbons (Fsp3) is 0.235. The third-order valence-electron chi connectivity index (χ3n) is 3.45. The number of fused-ring (bicyclic) bond motifs is 1. The lowest BCUT2D eigenvalue weighted by molar-refractivity contribution is 0.135. The predicted molar refractivity (Wildman–Crippen MR) is 82.4 cm³/mol. The third kappa shape index (κ3) is 2.70. The lowest BCUT2D eigenvalue weighted by Crippen LogP contribution is -2.24. The Morgan fingerprint density at radius 3 is 2.57 bits per heavy atom. The van der Waals surface area contributed by atoms with E-state index in [0.717, 1.165) is 17.7 Å². The van der Waals surface area contributed by atoms with E-state index in [1.165, 1.54) is 0 Å². The molecule has 0 saturated carbocycles. The van der Waals surface area contributed by atoms with Gasteiger partial charge in [0, 0.05) is 17.5 Å². The molecule has 0 atom stereocenters. The smallest absolute Gasteiger partial charge is 0.169 e. The Hall–Kier alpha value is -2.49. The summed E-state index contributed by atoms with van der Waals surface area (Å²) in [4.78, 5) is 0. The van der Waals surface area contributed by atoms with Gasteiger partial charge in [-0.1, -0.05) is 12.1 Å². The molecule has 2 aromatic carbocycles. The molecule has 108 valence electrons. The largest absolute Gasteiger partial charge is 0.483 e. The number of para-hydroxylation sites is 1. The summed E-state index contributed by atoms with van der Waals surface area (Å²) in [6, 6.07) is 13.1. The predicted octanol–water partition coefficient (Wildman–Crippen LogP) is 3.48. The molecule has 0 bridgehead atoms. The van der Waals surface area contributed by atoms with Crippen LogP contribution in [0.25, 0.3) is 0 Å². The highest BCUT2D eigenvalue weighted by molar-refractivity contribution is 5.94. The summed E-state index contributed by atoms with van der Waals surface area (Å²) in [5.74, 6) is 2.28. The van der Waals surface area contributed by atoms with Crippen LogP contribution in [-0.4, -0.2) is 11.4 Å².